The van der Waals surface area contributed by atoms with Crippen LogP contribution in [0.2, 0.25) is 10.0 Å². The van der Waals surface area contributed by atoms with Gasteiger partial charge in [0, 0.05) is 22.8 Å². The van der Waals surface area contributed by atoms with Crippen LogP contribution < -0.4 is 10.1 Å². The predicted molar refractivity (Wildman–Crippen MR) is 83.3 cm³/mol. The van der Waals surface area contributed by atoms with Crippen LogP contribution >= 0.6 is 23.2 Å². The molecular weight excluding hydrogens is 311 g/mol. The van der Waals surface area contributed by atoms with E-state index in [1.54, 1.807) is 30.5 Å². The second kappa shape index (κ2) is 7.29. The highest BCUT2D eigenvalue weighted by Gasteiger charge is 2.12. The fourth-order valence-electron chi connectivity index (χ4n) is 1.86. The van der Waals surface area contributed by atoms with E-state index in [0.29, 0.717) is 34.5 Å². The number of rotatable bonds is 5. The number of hydrogen-bond donors (Lipinski definition) is 1. The first-order chi connectivity index (χ1) is 10.1. The zero-order valence-corrected chi connectivity index (χ0v) is 12.9. The number of halogens is 2. The van der Waals surface area contributed by atoms with E-state index in [1.807, 2.05) is 6.07 Å². The second-order valence-electron chi connectivity index (χ2n) is 4.30. The maximum absolute atomic E-state index is 12.1. The molecule has 6 heteroatoms. The van der Waals surface area contributed by atoms with Gasteiger partial charge in [-0.1, -0.05) is 29.3 Å². The Hall–Kier alpha value is -1.78. The molecular formula is C15H14Cl2N2O2. The first-order valence-corrected chi connectivity index (χ1v) is 7.08. The lowest BCUT2D eigenvalue weighted by atomic mass is 10.1. The summed E-state index contributed by atoms with van der Waals surface area (Å²) >= 11 is 11.9. The summed E-state index contributed by atoms with van der Waals surface area (Å²) in [5.41, 5.74) is 1.33. The van der Waals surface area contributed by atoms with E-state index in [0.717, 1.165) is 5.56 Å². The first kappa shape index (κ1) is 15.6. The molecule has 0 aliphatic carbocycles. The molecule has 0 atom stereocenters. The Morgan fingerprint density at radius 1 is 1.33 bits per heavy atom. The van der Waals surface area contributed by atoms with Gasteiger partial charge >= 0.3 is 0 Å². The maximum atomic E-state index is 12.1. The Labute approximate surface area is 133 Å². The largest absolute Gasteiger partial charge is 0.480 e. The van der Waals surface area contributed by atoms with Crippen LogP contribution in [0, 0.1) is 0 Å². The van der Waals surface area contributed by atoms with Crippen molar-refractivity contribution in [1.82, 2.24) is 10.3 Å². The van der Waals surface area contributed by atoms with Crippen molar-refractivity contribution >= 4 is 29.1 Å². The average molecular weight is 325 g/mol. The Morgan fingerprint density at radius 3 is 2.86 bits per heavy atom. The van der Waals surface area contributed by atoms with Gasteiger partial charge in [-0.25, -0.2) is 4.98 Å². The van der Waals surface area contributed by atoms with Crippen LogP contribution in [0.1, 0.15) is 15.9 Å². The molecule has 0 fully saturated rings. The highest BCUT2D eigenvalue weighted by Crippen LogP contribution is 2.21. The number of carbonyl (C=O) groups excluding carboxylic acids is 1. The minimum Gasteiger partial charge on any atom is -0.480 e. The van der Waals surface area contributed by atoms with Crippen LogP contribution in [0.5, 0.6) is 5.88 Å². The zero-order valence-electron chi connectivity index (χ0n) is 11.4. The molecule has 0 bridgehead atoms. The quantitative estimate of drug-likeness (QED) is 0.917. The summed E-state index contributed by atoms with van der Waals surface area (Å²) in [6, 6.07) is 8.66. The molecule has 1 aromatic heterocycles. The number of hydrogen-bond acceptors (Lipinski definition) is 3. The Balaban J connectivity index is 1.95. The van der Waals surface area contributed by atoms with E-state index >= 15 is 0 Å². The SMILES string of the molecule is COc1ncccc1C(=O)NCCc1ccc(Cl)cc1Cl. The van der Waals surface area contributed by atoms with Crippen LogP contribution in [-0.2, 0) is 6.42 Å². The number of benzene rings is 1. The molecule has 0 radical (unpaired) electrons. The Morgan fingerprint density at radius 2 is 2.14 bits per heavy atom. The van der Waals surface area contributed by atoms with E-state index < -0.39 is 0 Å². The van der Waals surface area contributed by atoms with Gasteiger partial charge in [0.25, 0.3) is 5.91 Å². The van der Waals surface area contributed by atoms with Crippen molar-refractivity contribution in [3.8, 4) is 5.88 Å². The van der Waals surface area contributed by atoms with Gasteiger partial charge in [0.15, 0.2) is 0 Å². The van der Waals surface area contributed by atoms with E-state index in [2.05, 4.69) is 10.3 Å². The second-order valence-corrected chi connectivity index (χ2v) is 5.15. The molecule has 1 N–H and O–H groups in total. The Bertz CT molecular complexity index is 647. The van der Waals surface area contributed by atoms with Gasteiger partial charge < -0.3 is 10.1 Å². The molecule has 0 saturated heterocycles. The fourth-order valence-corrected chi connectivity index (χ4v) is 2.36. The van der Waals surface area contributed by atoms with E-state index in [1.165, 1.54) is 7.11 Å². The van der Waals surface area contributed by atoms with Gasteiger partial charge in [-0.05, 0) is 36.2 Å². The summed E-state index contributed by atoms with van der Waals surface area (Å²) in [6.45, 7) is 0.457. The number of aromatic nitrogens is 1. The summed E-state index contributed by atoms with van der Waals surface area (Å²) in [6.07, 6.45) is 2.19. The summed E-state index contributed by atoms with van der Waals surface area (Å²) in [5.74, 6) is 0.0737. The molecule has 2 rings (SSSR count). The van der Waals surface area contributed by atoms with Gasteiger partial charge in [-0.3, -0.25) is 4.79 Å². The number of methoxy groups -OCH3 is 1. The van der Waals surface area contributed by atoms with Crippen molar-refractivity contribution in [3.05, 3.63) is 57.7 Å². The normalized spacial score (nSPS) is 10.2. The van der Waals surface area contributed by atoms with Crippen molar-refractivity contribution in [3.63, 3.8) is 0 Å². The number of amides is 1. The third-order valence-electron chi connectivity index (χ3n) is 2.90. The van der Waals surface area contributed by atoms with E-state index in [4.69, 9.17) is 27.9 Å². The maximum Gasteiger partial charge on any atom is 0.256 e. The molecule has 4 nitrogen and oxygen atoms in total. The van der Waals surface area contributed by atoms with Crippen LogP contribution in [0.4, 0.5) is 0 Å². The van der Waals surface area contributed by atoms with Crippen molar-refractivity contribution < 1.29 is 9.53 Å². The molecule has 1 amide bonds. The minimum atomic E-state index is -0.231. The molecule has 110 valence electrons. The highest BCUT2D eigenvalue weighted by atomic mass is 35.5. The monoisotopic (exact) mass is 324 g/mol. The molecule has 0 unspecified atom stereocenters. The molecule has 0 saturated carbocycles. The van der Waals surface area contributed by atoms with E-state index in [-0.39, 0.29) is 5.91 Å². The first-order valence-electron chi connectivity index (χ1n) is 6.33. The predicted octanol–water partition coefficient (Wildman–Crippen LogP) is 3.37. The lowest BCUT2D eigenvalue weighted by Crippen LogP contribution is -2.26. The molecule has 1 aromatic carbocycles. The standard InChI is InChI=1S/C15H14Cl2N2O2/c1-21-15-12(3-2-7-19-15)14(20)18-8-6-10-4-5-11(16)9-13(10)17/h2-5,7,9H,6,8H2,1H3,(H,18,20). The average Bonchev–Trinajstić information content (AvgIpc) is 2.49. The van der Waals surface area contributed by atoms with Crippen LogP contribution in [0.3, 0.4) is 0 Å². The van der Waals surface area contributed by atoms with Gasteiger partial charge in [0.05, 0.1) is 7.11 Å². The third-order valence-corrected chi connectivity index (χ3v) is 3.49. The number of nitrogens with one attached hydrogen (secondary N) is 1. The summed E-state index contributed by atoms with van der Waals surface area (Å²) < 4.78 is 5.06. The number of nitrogens with zero attached hydrogens (tertiary/aromatic N) is 1. The molecule has 0 spiro atoms. The topological polar surface area (TPSA) is 51.2 Å². The molecule has 1 heterocycles. The van der Waals surface area contributed by atoms with Crippen molar-refractivity contribution in [1.29, 1.82) is 0 Å². The number of carbonyl (C=O) groups is 1. The summed E-state index contributed by atoms with van der Waals surface area (Å²) in [7, 11) is 1.48. The van der Waals surface area contributed by atoms with Gasteiger partial charge in [0.1, 0.15) is 5.56 Å². The summed E-state index contributed by atoms with van der Waals surface area (Å²) in [5, 5.41) is 4.00. The van der Waals surface area contributed by atoms with Crippen LogP contribution in [-0.4, -0.2) is 24.5 Å². The van der Waals surface area contributed by atoms with Gasteiger partial charge in [-0.15, -0.1) is 0 Å². The molecule has 0 aliphatic rings. The lowest BCUT2D eigenvalue weighted by Gasteiger charge is -2.09. The molecule has 21 heavy (non-hydrogen) atoms. The number of ether oxygens (including phenoxy) is 1. The van der Waals surface area contributed by atoms with Crippen molar-refractivity contribution in [2.24, 2.45) is 0 Å². The third kappa shape index (κ3) is 4.09. The van der Waals surface area contributed by atoms with Crippen LogP contribution in [0.25, 0.3) is 0 Å². The van der Waals surface area contributed by atoms with Crippen LogP contribution in [0.15, 0.2) is 36.5 Å². The van der Waals surface area contributed by atoms with Gasteiger partial charge in [0.2, 0.25) is 5.88 Å². The Kier molecular flexibility index (Phi) is 5.42. The van der Waals surface area contributed by atoms with Crippen molar-refractivity contribution in [2.75, 3.05) is 13.7 Å². The van der Waals surface area contributed by atoms with Crippen molar-refractivity contribution in [2.45, 2.75) is 6.42 Å². The summed E-state index contributed by atoms with van der Waals surface area (Å²) in [4.78, 5) is 16.1. The van der Waals surface area contributed by atoms with E-state index in [9.17, 15) is 4.79 Å². The highest BCUT2D eigenvalue weighted by molar-refractivity contribution is 6.35. The molecule has 2 aromatic rings. The smallest absolute Gasteiger partial charge is 0.256 e. The number of pyridine rings is 1. The zero-order chi connectivity index (χ0) is 15.2. The fraction of sp³-hybridized carbons (Fsp3) is 0.200. The van der Waals surface area contributed by atoms with Gasteiger partial charge in [-0.2, -0.15) is 0 Å². The minimum absolute atomic E-state index is 0.231. The lowest BCUT2D eigenvalue weighted by molar-refractivity contribution is 0.0950. The molecule has 0 aliphatic heterocycles.